The first-order chi connectivity index (χ1) is 8.03. The number of carbonyl (C=O) groups is 1. The summed E-state index contributed by atoms with van der Waals surface area (Å²) < 4.78 is 29.9. The van der Waals surface area contributed by atoms with Crippen LogP contribution >= 0.6 is 0 Å². The number of rotatable bonds is 4. The molecule has 0 aromatic rings. The number of fused-ring (bicyclic) bond motifs is 1. The van der Waals surface area contributed by atoms with Crippen molar-refractivity contribution >= 4 is 16.0 Å². The Labute approximate surface area is 101 Å². The highest BCUT2D eigenvalue weighted by atomic mass is 32.2. The van der Waals surface area contributed by atoms with Crippen LogP contribution in [0.5, 0.6) is 0 Å². The Balaban J connectivity index is 1.91. The van der Waals surface area contributed by atoms with Crippen molar-refractivity contribution in [3.63, 3.8) is 0 Å². The SMILES string of the molecule is COC(=O)CCS(=O)(=O)N1C[C@H]2CNC[C@H]2C1. The van der Waals surface area contributed by atoms with Gasteiger partial charge in [0.25, 0.3) is 0 Å². The standard InChI is InChI=1S/C10H18N2O4S/c1-16-10(13)2-3-17(14,15)12-6-8-4-11-5-9(8)7-12/h8-9,11H,2-7H2,1H3/t8-,9+. The van der Waals surface area contributed by atoms with E-state index in [4.69, 9.17) is 0 Å². The molecule has 2 heterocycles. The number of nitrogens with zero attached hydrogens (tertiary/aromatic N) is 1. The minimum atomic E-state index is -3.30. The van der Waals surface area contributed by atoms with E-state index in [0.29, 0.717) is 24.9 Å². The van der Waals surface area contributed by atoms with E-state index >= 15 is 0 Å². The number of hydrogen-bond donors (Lipinski definition) is 1. The zero-order valence-corrected chi connectivity index (χ0v) is 10.7. The van der Waals surface area contributed by atoms with Gasteiger partial charge in [-0.15, -0.1) is 0 Å². The zero-order valence-electron chi connectivity index (χ0n) is 9.89. The molecule has 0 aromatic carbocycles. The summed E-state index contributed by atoms with van der Waals surface area (Å²) in [6, 6.07) is 0. The normalized spacial score (nSPS) is 29.2. The second-order valence-corrected chi connectivity index (χ2v) is 6.73. The summed E-state index contributed by atoms with van der Waals surface area (Å²) in [6.07, 6.45) is -0.0666. The van der Waals surface area contributed by atoms with E-state index in [1.807, 2.05) is 0 Å². The maximum Gasteiger partial charge on any atom is 0.306 e. The largest absolute Gasteiger partial charge is 0.469 e. The quantitative estimate of drug-likeness (QED) is 0.660. The lowest BCUT2D eigenvalue weighted by atomic mass is 10.0. The average Bonchev–Trinajstić information content (AvgIpc) is 2.86. The van der Waals surface area contributed by atoms with E-state index in [9.17, 15) is 13.2 Å². The summed E-state index contributed by atoms with van der Waals surface area (Å²) in [5, 5.41) is 3.26. The summed E-state index contributed by atoms with van der Waals surface area (Å²) in [7, 11) is -2.04. The van der Waals surface area contributed by atoms with Gasteiger partial charge in [0.2, 0.25) is 10.0 Å². The first kappa shape index (κ1) is 12.8. The Hall–Kier alpha value is -0.660. The molecule has 0 radical (unpaired) electrons. The predicted octanol–water partition coefficient (Wildman–Crippen LogP) is -0.969. The first-order valence-corrected chi connectivity index (χ1v) is 7.39. The van der Waals surface area contributed by atoms with Crippen LogP contribution in [0.15, 0.2) is 0 Å². The number of hydrogen-bond acceptors (Lipinski definition) is 5. The zero-order chi connectivity index (χ0) is 12.5. The van der Waals surface area contributed by atoms with Gasteiger partial charge in [-0.1, -0.05) is 0 Å². The van der Waals surface area contributed by atoms with Crippen LogP contribution in [-0.4, -0.2) is 57.7 Å². The van der Waals surface area contributed by atoms with Gasteiger partial charge in [0.1, 0.15) is 0 Å². The van der Waals surface area contributed by atoms with Gasteiger partial charge in [-0.2, -0.15) is 0 Å². The summed E-state index contributed by atoms with van der Waals surface area (Å²) in [5.41, 5.74) is 0. The van der Waals surface area contributed by atoms with Crippen molar-refractivity contribution in [1.29, 1.82) is 0 Å². The molecule has 1 N–H and O–H groups in total. The smallest absolute Gasteiger partial charge is 0.306 e. The molecule has 2 atom stereocenters. The monoisotopic (exact) mass is 262 g/mol. The van der Waals surface area contributed by atoms with Gasteiger partial charge in [0.05, 0.1) is 19.3 Å². The second-order valence-electron chi connectivity index (χ2n) is 4.64. The summed E-state index contributed by atoms with van der Waals surface area (Å²) in [4.78, 5) is 11.0. The van der Waals surface area contributed by atoms with Crippen molar-refractivity contribution < 1.29 is 17.9 Å². The molecule has 0 aliphatic carbocycles. The lowest BCUT2D eigenvalue weighted by Crippen LogP contribution is -2.34. The van der Waals surface area contributed by atoms with Crippen molar-refractivity contribution in [2.75, 3.05) is 39.0 Å². The van der Waals surface area contributed by atoms with Crippen LogP contribution in [0.3, 0.4) is 0 Å². The second kappa shape index (κ2) is 4.91. The van der Waals surface area contributed by atoms with Crippen LogP contribution in [0.4, 0.5) is 0 Å². The fraction of sp³-hybridized carbons (Fsp3) is 0.900. The third-order valence-electron chi connectivity index (χ3n) is 3.54. The molecule has 2 rings (SSSR count). The van der Waals surface area contributed by atoms with Gasteiger partial charge in [-0.05, 0) is 24.9 Å². The van der Waals surface area contributed by atoms with Crippen LogP contribution in [0.25, 0.3) is 0 Å². The first-order valence-electron chi connectivity index (χ1n) is 5.78. The van der Waals surface area contributed by atoms with Gasteiger partial charge in [0, 0.05) is 13.1 Å². The number of sulfonamides is 1. The van der Waals surface area contributed by atoms with Crippen molar-refractivity contribution in [3.8, 4) is 0 Å². The van der Waals surface area contributed by atoms with E-state index < -0.39 is 16.0 Å². The van der Waals surface area contributed by atoms with E-state index in [1.165, 1.54) is 11.4 Å². The van der Waals surface area contributed by atoms with Gasteiger partial charge >= 0.3 is 5.97 Å². The third kappa shape index (κ3) is 2.78. The molecule has 2 fully saturated rings. The Bertz CT molecular complexity index is 383. The molecule has 0 aromatic heterocycles. The number of esters is 1. The molecule has 2 aliphatic rings. The highest BCUT2D eigenvalue weighted by molar-refractivity contribution is 7.89. The van der Waals surface area contributed by atoms with E-state index in [0.717, 1.165) is 13.1 Å². The number of nitrogens with one attached hydrogen (secondary N) is 1. The summed E-state index contributed by atoms with van der Waals surface area (Å²) >= 11 is 0. The van der Waals surface area contributed by atoms with E-state index in [2.05, 4.69) is 10.1 Å². The lowest BCUT2D eigenvalue weighted by molar-refractivity contribution is -0.140. The molecule has 0 saturated carbocycles. The lowest BCUT2D eigenvalue weighted by Gasteiger charge is -2.16. The molecule has 2 saturated heterocycles. The number of methoxy groups -OCH3 is 1. The van der Waals surface area contributed by atoms with Crippen molar-refractivity contribution in [2.24, 2.45) is 11.8 Å². The van der Waals surface area contributed by atoms with Crippen LogP contribution in [-0.2, 0) is 19.6 Å². The van der Waals surface area contributed by atoms with E-state index in [-0.39, 0.29) is 12.2 Å². The topological polar surface area (TPSA) is 75.7 Å². The van der Waals surface area contributed by atoms with Crippen LogP contribution in [0.1, 0.15) is 6.42 Å². The third-order valence-corrected chi connectivity index (χ3v) is 5.35. The fourth-order valence-corrected chi connectivity index (χ4v) is 4.00. The summed E-state index contributed by atoms with van der Waals surface area (Å²) in [5.74, 6) is 0.243. The minimum absolute atomic E-state index is 0.0666. The Morgan fingerprint density at radius 2 is 1.94 bits per heavy atom. The van der Waals surface area contributed by atoms with Crippen molar-refractivity contribution in [2.45, 2.75) is 6.42 Å². The Morgan fingerprint density at radius 3 is 2.47 bits per heavy atom. The molecule has 98 valence electrons. The van der Waals surface area contributed by atoms with Crippen molar-refractivity contribution in [3.05, 3.63) is 0 Å². The molecular formula is C10H18N2O4S. The highest BCUT2D eigenvalue weighted by Crippen LogP contribution is 2.28. The summed E-state index contributed by atoms with van der Waals surface area (Å²) in [6.45, 7) is 2.96. The van der Waals surface area contributed by atoms with Crippen LogP contribution in [0.2, 0.25) is 0 Å². The number of ether oxygens (including phenoxy) is 1. The number of carbonyl (C=O) groups excluding carboxylic acids is 1. The van der Waals surface area contributed by atoms with Crippen LogP contribution < -0.4 is 5.32 Å². The molecule has 0 bridgehead atoms. The molecular weight excluding hydrogens is 244 g/mol. The van der Waals surface area contributed by atoms with Crippen molar-refractivity contribution in [1.82, 2.24) is 9.62 Å². The predicted molar refractivity (Wildman–Crippen MR) is 61.8 cm³/mol. The van der Waals surface area contributed by atoms with Crippen LogP contribution in [0, 0.1) is 11.8 Å². The molecule has 6 nitrogen and oxygen atoms in total. The van der Waals surface area contributed by atoms with Gasteiger partial charge < -0.3 is 10.1 Å². The Kier molecular flexibility index (Phi) is 3.70. The molecule has 0 unspecified atom stereocenters. The average molecular weight is 262 g/mol. The maximum absolute atomic E-state index is 12.0. The molecule has 0 amide bonds. The maximum atomic E-state index is 12.0. The fourth-order valence-electron chi connectivity index (χ4n) is 2.48. The van der Waals surface area contributed by atoms with E-state index in [1.54, 1.807) is 0 Å². The Morgan fingerprint density at radius 1 is 1.35 bits per heavy atom. The molecule has 0 spiro atoms. The molecule has 17 heavy (non-hydrogen) atoms. The minimum Gasteiger partial charge on any atom is -0.469 e. The molecule has 7 heteroatoms. The highest BCUT2D eigenvalue weighted by Gasteiger charge is 2.40. The van der Waals surface area contributed by atoms with Gasteiger partial charge in [-0.3, -0.25) is 4.79 Å². The van der Waals surface area contributed by atoms with Gasteiger partial charge in [0.15, 0.2) is 0 Å². The van der Waals surface area contributed by atoms with Gasteiger partial charge in [-0.25, -0.2) is 12.7 Å². The molecule has 2 aliphatic heterocycles.